The number of carbonyl (C=O) groups excluding carboxylic acids is 1. The van der Waals surface area contributed by atoms with Crippen LogP contribution in [-0.2, 0) is 0 Å². The number of hydrogen-bond acceptors (Lipinski definition) is 4. The van der Waals surface area contributed by atoms with Crippen molar-refractivity contribution in [3.8, 4) is 5.88 Å². The van der Waals surface area contributed by atoms with E-state index in [2.05, 4.69) is 18.8 Å². The summed E-state index contributed by atoms with van der Waals surface area (Å²) in [6.45, 7) is 5.14. The van der Waals surface area contributed by atoms with Gasteiger partial charge in [-0.1, -0.05) is 13.8 Å². The third-order valence-corrected chi connectivity index (χ3v) is 3.21. The summed E-state index contributed by atoms with van der Waals surface area (Å²) in [6.07, 6.45) is 3.43. The quantitative estimate of drug-likeness (QED) is 0.814. The first-order chi connectivity index (χ1) is 9.19. The maximum Gasteiger partial charge on any atom is 0.259 e. The van der Waals surface area contributed by atoms with Crippen LogP contribution in [0.5, 0.6) is 5.88 Å². The van der Waals surface area contributed by atoms with Gasteiger partial charge in [0.25, 0.3) is 5.91 Å². The Kier molecular flexibility index (Phi) is 6.29. The highest BCUT2D eigenvalue weighted by atomic mass is 16.5. The molecule has 0 unspecified atom stereocenters. The second kappa shape index (κ2) is 7.74. The van der Waals surface area contributed by atoms with Crippen LogP contribution in [0.15, 0.2) is 18.3 Å². The summed E-state index contributed by atoms with van der Waals surface area (Å²) in [7, 11) is 1.52. The Balaban J connectivity index is 3.04. The molecule has 0 spiro atoms. The molecule has 0 aromatic carbocycles. The Morgan fingerprint density at radius 3 is 2.68 bits per heavy atom. The average Bonchev–Trinajstić information content (AvgIpc) is 2.46. The molecule has 106 valence electrons. The SMILES string of the molecule is CCC(CC)N(CCN)C(=O)c1cccnc1OC. The van der Waals surface area contributed by atoms with E-state index in [9.17, 15) is 4.79 Å². The molecule has 0 aliphatic rings. The predicted octanol–water partition coefficient (Wildman–Crippen LogP) is 1.68. The number of methoxy groups -OCH3 is 1. The molecule has 0 aliphatic heterocycles. The van der Waals surface area contributed by atoms with Crippen LogP contribution in [0.1, 0.15) is 37.0 Å². The number of aromatic nitrogens is 1. The molecule has 0 bridgehead atoms. The van der Waals surface area contributed by atoms with Crippen LogP contribution in [0.3, 0.4) is 0 Å². The lowest BCUT2D eigenvalue weighted by atomic mass is 10.1. The van der Waals surface area contributed by atoms with E-state index in [-0.39, 0.29) is 11.9 Å². The first-order valence-corrected chi connectivity index (χ1v) is 6.69. The van der Waals surface area contributed by atoms with Crippen LogP contribution in [0.4, 0.5) is 0 Å². The molecular weight excluding hydrogens is 242 g/mol. The molecule has 1 heterocycles. The van der Waals surface area contributed by atoms with Gasteiger partial charge in [0, 0.05) is 25.3 Å². The third-order valence-electron chi connectivity index (χ3n) is 3.21. The minimum absolute atomic E-state index is 0.0656. The van der Waals surface area contributed by atoms with Crippen molar-refractivity contribution in [2.45, 2.75) is 32.7 Å². The fourth-order valence-electron chi connectivity index (χ4n) is 2.19. The first-order valence-electron chi connectivity index (χ1n) is 6.69. The van der Waals surface area contributed by atoms with E-state index in [1.807, 2.05) is 4.90 Å². The smallest absolute Gasteiger partial charge is 0.259 e. The van der Waals surface area contributed by atoms with Gasteiger partial charge in [-0.05, 0) is 25.0 Å². The van der Waals surface area contributed by atoms with E-state index in [4.69, 9.17) is 10.5 Å². The number of carbonyl (C=O) groups is 1. The Hall–Kier alpha value is -1.62. The fraction of sp³-hybridized carbons (Fsp3) is 0.571. The van der Waals surface area contributed by atoms with Gasteiger partial charge in [-0.2, -0.15) is 0 Å². The second-order valence-electron chi connectivity index (χ2n) is 4.32. The highest BCUT2D eigenvalue weighted by molar-refractivity contribution is 5.96. The van der Waals surface area contributed by atoms with Crippen LogP contribution in [0, 0.1) is 0 Å². The topological polar surface area (TPSA) is 68.5 Å². The van der Waals surface area contributed by atoms with E-state index in [0.717, 1.165) is 12.8 Å². The Morgan fingerprint density at radius 1 is 1.47 bits per heavy atom. The van der Waals surface area contributed by atoms with Gasteiger partial charge in [0.1, 0.15) is 5.56 Å². The lowest BCUT2D eigenvalue weighted by molar-refractivity contribution is 0.0670. The summed E-state index contributed by atoms with van der Waals surface area (Å²) < 4.78 is 5.15. The predicted molar refractivity (Wildman–Crippen MR) is 75.2 cm³/mol. The summed E-state index contributed by atoms with van der Waals surface area (Å²) in [5, 5.41) is 0. The van der Waals surface area contributed by atoms with E-state index in [1.165, 1.54) is 7.11 Å². The van der Waals surface area contributed by atoms with Crippen molar-refractivity contribution in [1.82, 2.24) is 9.88 Å². The summed E-state index contributed by atoms with van der Waals surface area (Å²) in [6, 6.07) is 3.67. The molecule has 0 aliphatic carbocycles. The van der Waals surface area contributed by atoms with Crippen LogP contribution in [0.2, 0.25) is 0 Å². The van der Waals surface area contributed by atoms with Gasteiger partial charge in [0.2, 0.25) is 5.88 Å². The van der Waals surface area contributed by atoms with E-state index in [0.29, 0.717) is 24.5 Å². The van der Waals surface area contributed by atoms with Crippen molar-refractivity contribution < 1.29 is 9.53 Å². The average molecular weight is 265 g/mol. The number of pyridine rings is 1. The zero-order valence-electron chi connectivity index (χ0n) is 11.9. The maximum atomic E-state index is 12.6. The van der Waals surface area contributed by atoms with Crippen molar-refractivity contribution in [2.24, 2.45) is 5.73 Å². The number of nitrogens with two attached hydrogens (primary N) is 1. The van der Waals surface area contributed by atoms with Crippen LogP contribution in [-0.4, -0.2) is 42.0 Å². The van der Waals surface area contributed by atoms with Gasteiger partial charge in [0.15, 0.2) is 0 Å². The largest absolute Gasteiger partial charge is 0.480 e. The molecular formula is C14H23N3O2. The summed E-state index contributed by atoms with van der Waals surface area (Å²) >= 11 is 0. The summed E-state index contributed by atoms with van der Waals surface area (Å²) in [4.78, 5) is 18.5. The third kappa shape index (κ3) is 3.67. The molecule has 5 nitrogen and oxygen atoms in total. The first kappa shape index (κ1) is 15.4. The van der Waals surface area contributed by atoms with Crippen molar-refractivity contribution >= 4 is 5.91 Å². The Bertz CT molecular complexity index is 405. The van der Waals surface area contributed by atoms with E-state index >= 15 is 0 Å². The van der Waals surface area contributed by atoms with Crippen molar-refractivity contribution in [2.75, 3.05) is 20.2 Å². The molecule has 0 saturated heterocycles. The van der Waals surface area contributed by atoms with Crippen molar-refractivity contribution in [3.05, 3.63) is 23.9 Å². The number of amides is 1. The zero-order valence-corrected chi connectivity index (χ0v) is 11.9. The fourth-order valence-corrected chi connectivity index (χ4v) is 2.19. The number of ether oxygens (including phenoxy) is 1. The van der Waals surface area contributed by atoms with Crippen molar-refractivity contribution in [1.29, 1.82) is 0 Å². The van der Waals surface area contributed by atoms with E-state index < -0.39 is 0 Å². The monoisotopic (exact) mass is 265 g/mol. The molecule has 0 fully saturated rings. The van der Waals surface area contributed by atoms with Crippen LogP contribution in [0.25, 0.3) is 0 Å². The minimum atomic E-state index is -0.0656. The standard InChI is InChI=1S/C14H23N3O2/c1-4-11(5-2)17(10-8-15)14(18)12-7-6-9-16-13(12)19-3/h6-7,9,11H,4-5,8,10,15H2,1-3H3. The van der Waals surface area contributed by atoms with Gasteiger partial charge >= 0.3 is 0 Å². The van der Waals surface area contributed by atoms with Crippen molar-refractivity contribution in [3.63, 3.8) is 0 Å². The number of rotatable bonds is 7. The molecule has 19 heavy (non-hydrogen) atoms. The lowest BCUT2D eigenvalue weighted by Crippen LogP contribution is -2.42. The highest BCUT2D eigenvalue weighted by Gasteiger charge is 2.24. The zero-order chi connectivity index (χ0) is 14.3. The second-order valence-corrected chi connectivity index (χ2v) is 4.32. The van der Waals surface area contributed by atoms with Gasteiger partial charge in [0.05, 0.1) is 7.11 Å². The maximum absolute atomic E-state index is 12.6. The van der Waals surface area contributed by atoms with Gasteiger partial charge in [-0.3, -0.25) is 4.79 Å². The van der Waals surface area contributed by atoms with E-state index in [1.54, 1.807) is 18.3 Å². The molecule has 1 aromatic heterocycles. The van der Waals surface area contributed by atoms with Gasteiger partial charge in [-0.25, -0.2) is 4.98 Å². The van der Waals surface area contributed by atoms with Crippen LogP contribution >= 0.6 is 0 Å². The summed E-state index contributed by atoms with van der Waals surface area (Å²) in [5.74, 6) is 0.296. The molecule has 0 atom stereocenters. The molecule has 1 aromatic rings. The van der Waals surface area contributed by atoms with Gasteiger partial charge < -0.3 is 15.4 Å². The molecule has 2 N–H and O–H groups in total. The van der Waals surface area contributed by atoms with Gasteiger partial charge in [-0.15, -0.1) is 0 Å². The molecule has 0 saturated carbocycles. The van der Waals surface area contributed by atoms with Crippen LogP contribution < -0.4 is 10.5 Å². The Labute approximate surface area is 114 Å². The molecule has 1 amide bonds. The Morgan fingerprint density at radius 2 is 2.16 bits per heavy atom. The molecule has 5 heteroatoms. The minimum Gasteiger partial charge on any atom is -0.480 e. The number of hydrogen-bond donors (Lipinski definition) is 1. The summed E-state index contributed by atoms with van der Waals surface area (Å²) in [5.41, 5.74) is 6.11. The highest BCUT2D eigenvalue weighted by Crippen LogP contribution is 2.19. The molecule has 1 rings (SSSR count). The lowest BCUT2D eigenvalue weighted by Gasteiger charge is -2.30. The number of nitrogens with zero attached hydrogens (tertiary/aromatic N) is 2. The molecule has 0 radical (unpaired) electrons. The normalized spacial score (nSPS) is 10.6.